The predicted octanol–water partition coefficient (Wildman–Crippen LogP) is 2.57. The van der Waals surface area contributed by atoms with Crippen molar-refractivity contribution in [2.24, 2.45) is 0 Å². The van der Waals surface area contributed by atoms with Gasteiger partial charge in [-0.15, -0.1) is 0 Å². The molecule has 0 saturated carbocycles. The van der Waals surface area contributed by atoms with Crippen LogP contribution in [0.5, 0.6) is 0 Å². The summed E-state index contributed by atoms with van der Waals surface area (Å²) >= 11 is 0. The molecule has 0 aliphatic heterocycles. The van der Waals surface area contributed by atoms with Gasteiger partial charge in [0.15, 0.2) is 0 Å². The Hall–Kier alpha value is -1.84. The molecule has 3 rings (SSSR count). The molecule has 0 atom stereocenters. The van der Waals surface area contributed by atoms with E-state index in [1.807, 2.05) is 36.4 Å². The van der Waals surface area contributed by atoms with Crippen LogP contribution < -0.4 is 0 Å². The van der Waals surface area contributed by atoms with Crippen LogP contribution in [-0.2, 0) is 13.2 Å². The number of furan rings is 1. The van der Waals surface area contributed by atoms with Gasteiger partial charge >= 0.3 is 0 Å². The van der Waals surface area contributed by atoms with Gasteiger partial charge in [-0.3, -0.25) is 0 Å². The average Bonchev–Trinajstić information content (AvgIpc) is 2.77. The summed E-state index contributed by atoms with van der Waals surface area (Å²) in [6.07, 6.45) is 0. The van der Waals surface area contributed by atoms with Crippen LogP contribution in [0, 0.1) is 0 Å². The first kappa shape index (κ1) is 10.3. The Kier molecular flexibility index (Phi) is 2.35. The SMILES string of the molecule is OCc1cccc2c1oc1c(CO)cccc12. The molecule has 3 nitrogen and oxygen atoms in total. The third-order valence-electron chi connectivity index (χ3n) is 3.03. The number of hydrogen-bond donors (Lipinski definition) is 2. The van der Waals surface area contributed by atoms with E-state index < -0.39 is 0 Å². The number of para-hydroxylation sites is 2. The zero-order valence-corrected chi connectivity index (χ0v) is 9.18. The summed E-state index contributed by atoms with van der Waals surface area (Å²) in [6, 6.07) is 11.4. The quantitative estimate of drug-likeness (QED) is 0.708. The maximum absolute atomic E-state index is 9.28. The smallest absolute Gasteiger partial charge is 0.140 e. The molecular weight excluding hydrogens is 216 g/mol. The van der Waals surface area contributed by atoms with E-state index in [0.717, 1.165) is 21.9 Å². The lowest BCUT2D eigenvalue weighted by atomic mass is 10.1. The normalized spacial score (nSPS) is 11.4. The van der Waals surface area contributed by atoms with Crippen LogP contribution in [0.25, 0.3) is 21.9 Å². The fourth-order valence-electron chi connectivity index (χ4n) is 2.19. The van der Waals surface area contributed by atoms with Crippen LogP contribution in [0.1, 0.15) is 11.1 Å². The highest BCUT2D eigenvalue weighted by atomic mass is 16.3. The topological polar surface area (TPSA) is 53.6 Å². The Morgan fingerprint density at radius 1 is 0.765 bits per heavy atom. The van der Waals surface area contributed by atoms with E-state index in [-0.39, 0.29) is 13.2 Å². The summed E-state index contributed by atoms with van der Waals surface area (Å²) in [5.41, 5.74) is 2.93. The number of benzene rings is 2. The summed E-state index contributed by atoms with van der Waals surface area (Å²) < 4.78 is 5.78. The monoisotopic (exact) mass is 228 g/mol. The second kappa shape index (κ2) is 3.87. The van der Waals surface area contributed by atoms with E-state index in [0.29, 0.717) is 11.2 Å². The van der Waals surface area contributed by atoms with Gasteiger partial charge in [-0.25, -0.2) is 0 Å². The molecule has 2 N–H and O–H groups in total. The van der Waals surface area contributed by atoms with Crippen molar-refractivity contribution in [1.82, 2.24) is 0 Å². The number of aliphatic hydroxyl groups is 2. The minimum atomic E-state index is -0.0500. The van der Waals surface area contributed by atoms with Gasteiger partial charge < -0.3 is 14.6 Å². The van der Waals surface area contributed by atoms with Gasteiger partial charge in [0, 0.05) is 21.9 Å². The molecule has 0 aliphatic carbocycles. The number of rotatable bonds is 2. The number of fused-ring (bicyclic) bond motifs is 3. The third kappa shape index (κ3) is 1.44. The lowest BCUT2D eigenvalue weighted by Gasteiger charge is -1.95. The minimum Gasteiger partial charge on any atom is -0.455 e. The summed E-state index contributed by atoms with van der Waals surface area (Å²) in [6.45, 7) is -0.1000. The van der Waals surface area contributed by atoms with Crippen molar-refractivity contribution < 1.29 is 14.6 Å². The summed E-state index contributed by atoms with van der Waals surface area (Å²) in [5.74, 6) is 0. The Labute approximate surface area is 97.9 Å². The largest absolute Gasteiger partial charge is 0.455 e. The molecule has 1 heterocycles. The van der Waals surface area contributed by atoms with Gasteiger partial charge in [0.2, 0.25) is 0 Å². The molecule has 0 bridgehead atoms. The lowest BCUT2D eigenvalue weighted by molar-refractivity contribution is 0.280. The molecule has 0 fully saturated rings. The fraction of sp³-hybridized carbons (Fsp3) is 0.143. The molecule has 1 aromatic heterocycles. The van der Waals surface area contributed by atoms with Crippen molar-refractivity contribution in [3.63, 3.8) is 0 Å². The predicted molar refractivity (Wildman–Crippen MR) is 65.6 cm³/mol. The standard InChI is InChI=1S/C14H12O3/c15-7-9-3-1-5-11-12-6-2-4-10(8-16)14(12)17-13(9)11/h1-6,15-16H,7-8H2. The Morgan fingerprint density at radius 3 is 1.65 bits per heavy atom. The van der Waals surface area contributed by atoms with E-state index in [4.69, 9.17) is 4.42 Å². The van der Waals surface area contributed by atoms with Crippen molar-refractivity contribution in [3.05, 3.63) is 47.5 Å². The van der Waals surface area contributed by atoms with Crippen molar-refractivity contribution in [1.29, 1.82) is 0 Å². The highest BCUT2D eigenvalue weighted by Crippen LogP contribution is 2.32. The highest BCUT2D eigenvalue weighted by molar-refractivity contribution is 6.06. The zero-order valence-electron chi connectivity index (χ0n) is 9.18. The fourth-order valence-corrected chi connectivity index (χ4v) is 2.19. The molecule has 0 spiro atoms. The van der Waals surface area contributed by atoms with E-state index in [2.05, 4.69) is 0 Å². The second-order valence-electron chi connectivity index (χ2n) is 4.01. The van der Waals surface area contributed by atoms with Gasteiger partial charge in [-0.2, -0.15) is 0 Å². The Morgan fingerprint density at radius 2 is 1.24 bits per heavy atom. The van der Waals surface area contributed by atoms with Crippen molar-refractivity contribution in [2.45, 2.75) is 13.2 Å². The summed E-state index contributed by atoms with van der Waals surface area (Å²) in [4.78, 5) is 0. The van der Waals surface area contributed by atoms with Crippen LogP contribution in [-0.4, -0.2) is 10.2 Å². The van der Waals surface area contributed by atoms with Gasteiger partial charge in [0.1, 0.15) is 11.2 Å². The average molecular weight is 228 g/mol. The van der Waals surface area contributed by atoms with Crippen molar-refractivity contribution in [2.75, 3.05) is 0 Å². The van der Waals surface area contributed by atoms with Gasteiger partial charge in [0.05, 0.1) is 13.2 Å². The molecule has 0 saturated heterocycles. The molecule has 0 aliphatic rings. The summed E-state index contributed by atoms with van der Waals surface area (Å²) in [7, 11) is 0. The van der Waals surface area contributed by atoms with Crippen molar-refractivity contribution >= 4 is 21.9 Å². The minimum absolute atomic E-state index is 0.0500. The first-order valence-corrected chi connectivity index (χ1v) is 5.49. The van der Waals surface area contributed by atoms with Crippen molar-refractivity contribution in [3.8, 4) is 0 Å². The molecule has 0 radical (unpaired) electrons. The van der Waals surface area contributed by atoms with Crippen LogP contribution in [0.15, 0.2) is 40.8 Å². The maximum atomic E-state index is 9.28. The molecule has 0 amide bonds. The van der Waals surface area contributed by atoms with Crippen LogP contribution >= 0.6 is 0 Å². The summed E-state index contributed by atoms with van der Waals surface area (Å²) in [5, 5.41) is 20.5. The Bertz CT molecular complexity index is 624. The lowest BCUT2D eigenvalue weighted by Crippen LogP contribution is -1.81. The van der Waals surface area contributed by atoms with Crippen LogP contribution in [0.2, 0.25) is 0 Å². The van der Waals surface area contributed by atoms with Crippen LogP contribution in [0.3, 0.4) is 0 Å². The second-order valence-corrected chi connectivity index (χ2v) is 4.01. The molecule has 86 valence electrons. The number of hydrogen-bond acceptors (Lipinski definition) is 3. The first-order chi connectivity index (χ1) is 8.35. The van der Waals surface area contributed by atoms with Crippen LogP contribution in [0.4, 0.5) is 0 Å². The van der Waals surface area contributed by atoms with Gasteiger partial charge in [0.25, 0.3) is 0 Å². The molecule has 3 aromatic rings. The van der Waals surface area contributed by atoms with E-state index in [1.165, 1.54) is 0 Å². The first-order valence-electron chi connectivity index (χ1n) is 5.49. The van der Waals surface area contributed by atoms with Gasteiger partial charge in [-0.1, -0.05) is 36.4 Å². The van der Waals surface area contributed by atoms with E-state index in [1.54, 1.807) is 0 Å². The third-order valence-corrected chi connectivity index (χ3v) is 3.03. The van der Waals surface area contributed by atoms with E-state index >= 15 is 0 Å². The zero-order chi connectivity index (χ0) is 11.8. The van der Waals surface area contributed by atoms with Gasteiger partial charge in [-0.05, 0) is 0 Å². The number of aliphatic hydroxyl groups excluding tert-OH is 2. The molecular formula is C14H12O3. The van der Waals surface area contributed by atoms with E-state index in [9.17, 15) is 10.2 Å². The molecule has 2 aromatic carbocycles. The maximum Gasteiger partial charge on any atom is 0.140 e. The molecule has 0 unspecified atom stereocenters. The molecule has 17 heavy (non-hydrogen) atoms. The molecule has 3 heteroatoms. The Balaban J connectivity index is 2.49. The highest BCUT2D eigenvalue weighted by Gasteiger charge is 2.12.